The van der Waals surface area contributed by atoms with Crippen LogP contribution in [-0.4, -0.2) is 45.0 Å². The van der Waals surface area contributed by atoms with Gasteiger partial charge in [-0.3, -0.25) is 9.58 Å². The van der Waals surface area contributed by atoms with Gasteiger partial charge in [0, 0.05) is 20.1 Å². The van der Waals surface area contributed by atoms with Crippen molar-refractivity contribution in [2.75, 3.05) is 13.1 Å². The minimum Gasteiger partial charge on any atom is -0.478 e. The van der Waals surface area contributed by atoms with E-state index in [0.29, 0.717) is 18.7 Å². The van der Waals surface area contributed by atoms with Gasteiger partial charge in [-0.2, -0.15) is 18.3 Å². The predicted molar refractivity (Wildman–Crippen MR) is 64.2 cm³/mol. The zero-order valence-electron chi connectivity index (χ0n) is 11.0. The van der Waals surface area contributed by atoms with Crippen molar-refractivity contribution < 1.29 is 23.1 Å². The summed E-state index contributed by atoms with van der Waals surface area (Å²) in [6.45, 7) is 0.620. The van der Waals surface area contributed by atoms with E-state index in [4.69, 9.17) is 5.11 Å². The van der Waals surface area contributed by atoms with Crippen LogP contribution in [0.3, 0.4) is 0 Å². The Morgan fingerprint density at radius 1 is 1.55 bits per heavy atom. The van der Waals surface area contributed by atoms with Crippen LogP contribution >= 0.6 is 0 Å². The van der Waals surface area contributed by atoms with E-state index in [-0.39, 0.29) is 25.1 Å². The highest BCUT2D eigenvalue weighted by atomic mass is 19.4. The van der Waals surface area contributed by atoms with Gasteiger partial charge in [0.25, 0.3) is 0 Å². The van der Waals surface area contributed by atoms with Crippen molar-refractivity contribution in [3.05, 3.63) is 17.5 Å². The van der Waals surface area contributed by atoms with Crippen molar-refractivity contribution in [1.82, 2.24) is 14.7 Å². The third-order valence-corrected chi connectivity index (χ3v) is 3.63. The molecule has 1 aromatic heterocycles. The predicted octanol–water partition coefficient (Wildman–Crippen LogP) is 1.89. The number of aromatic nitrogens is 2. The lowest BCUT2D eigenvalue weighted by molar-refractivity contribution is -0.187. The molecule has 0 aromatic carbocycles. The first-order valence-electron chi connectivity index (χ1n) is 6.32. The third kappa shape index (κ3) is 3.12. The van der Waals surface area contributed by atoms with E-state index >= 15 is 0 Å². The number of hydrogen-bond acceptors (Lipinski definition) is 3. The van der Waals surface area contributed by atoms with Crippen LogP contribution in [0, 0.1) is 5.92 Å². The van der Waals surface area contributed by atoms with Crippen LogP contribution in [0.25, 0.3) is 0 Å². The van der Waals surface area contributed by atoms with Crippen LogP contribution in [0.15, 0.2) is 6.20 Å². The maximum absolute atomic E-state index is 12.7. The first-order valence-corrected chi connectivity index (χ1v) is 6.32. The molecule has 0 spiro atoms. The lowest BCUT2D eigenvalue weighted by Gasteiger charge is -2.33. The molecule has 1 saturated heterocycles. The quantitative estimate of drug-likeness (QED) is 0.924. The second-order valence-electron chi connectivity index (χ2n) is 5.05. The van der Waals surface area contributed by atoms with Gasteiger partial charge in [-0.1, -0.05) is 0 Å². The van der Waals surface area contributed by atoms with Gasteiger partial charge in [0.05, 0.1) is 17.8 Å². The number of aryl methyl sites for hydroxylation is 1. The fourth-order valence-electron chi connectivity index (χ4n) is 2.51. The lowest BCUT2D eigenvalue weighted by atomic mass is 9.97. The molecule has 1 fully saturated rings. The molecule has 112 valence electrons. The molecule has 0 amide bonds. The molecule has 2 rings (SSSR count). The summed E-state index contributed by atoms with van der Waals surface area (Å²) in [6, 6.07) is 0. The Morgan fingerprint density at radius 3 is 2.85 bits per heavy atom. The van der Waals surface area contributed by atoms with Crippen LogP contribution in [0.4, 0.5) is 13.2 Å². The number of nitrogens with zero attached hydrogens (tertiary/aromatic N) is 3. The number of carboxylic acids is 1. The number of alkyl halides is 3. The van der Waals surface area contributed by atoms with E-state index in [2.05, 4.69) is 5.10 Å². The summed E-state index contributed by atoms with van der Waals surface area (Å²) in [7, 11) is 1.59. The molecule has 8 heteroatoms. The smallest absolute Gasteiger partial charge is 0.393 e. The zero-order valence-corrected chi connectivity index (χ0v) is 11.0. The second kappa shape index (κ2) is 5.43. The van der Waals surface area contributed by atoms with E-state index in [9.17, 15) is 18.0 Å². The van der Waals surface area contributed by atoms with Crippen molar-refractivity contribution in [1.29, 1.82) is 0 Å². The van der Waals surface area contributed by atoms with Crippen LogP contribution in [0.5, 0.6) is 0 Å². The van der Waals surface area contributed by atoms with Crippen molar-refractivity contribution in [3.63, 3.8) is 0 Å². The van der Waals surface area contributed by atoms with Gasteiger partial charge >= 0.3 is 12.1 Å². The van der Waals surface area contributed by atoms with Crippen molar-refractivity contribution in [2.45, 2.75) is 25.6 Å². The molecule has 5 nitrogen and oxygen atoms in total. The Bertz CT molecular complexity index is 499. The average Bonchev–Trinajstić information content (AvgIpc) is 2.70. The average molecular weight is 291 g/mol. The highest BCUT2D eigenvalue weighted by molar-refractivity contribution is 5.88. The number of carboxylic acid groups (broad SMARTS) is 1. The number of halogens is 3. The number of hydrogen-bond donors (Lipinski definition) is 1. The van der Waals surface area contributed by atoms with E-state index in [1.54, 1.807) is 11.9 Å². The molecule has 1 aliphatic heterocycles. The van der Waals surface area contributed by atoms with Gasteiger partial charge in [-0.05, 0) is 19.4 Å². The monoisotopic (exact) mass is 291 g/mol. The Balaban J connectivity index is 2.10. The standard InChI is InChI=1S/C12H16F3N3O2/c1-17-10(9(5-16-17)11(19)20)7-18-4-2-3-8(6-18)12(13,14)15/h5,8H,2-4,6-7H2,1H3,(H,19,20). The van der Waals surface area contributed by atoms with Gasteiger partial charge in [0.2, 0.25) is 0 Å². The van der Waals surface area contributed by atoms with Crippen LogP contribution in [0.2, 0.25) is 0 Å². The maximum atomic E-state index is 12.7. The normalized spacial score (nSPS) is 21.1. The van der Waals surface area contributed by atoms with Crippen molar-refractivity contribution in [2.24, 2.45) is 13.0 Å². The van der Waals surface area contributed by atoms with Crippen molar-refractivity contribution in [3.8, 4) is 0 Å². The first kappa shape index (κ1) is 14.8. The third-order valence-electron chi connectivity index (χ3n) is 3.63. The highest BCUT2D eigenvalue weighted by Gasteiger charge is 2.41. The van der Waals surface area contributed by atoms with Gasteiger partial charge in [0.1, 0.15) is 5.56 Å². The largest absolute Gasteiger partial charge is 0.478 e. The summed E-state index contributed by atoms with van der Waals surface area (Å²) in [4.78, 5) is 12.7. The molecule has 0 aliphatic carbocycles. The van der Waals surface area contributed by atoms with Crippen molar-refractivity contribution >= 4 is 5.97 Å². The number of rotatable bonds is 3. The van der Waals surface area contributed by atoms with E-state index in [0.717, 1.165) is 0 Å². The molecular formula is C12H16F3N3O2. The molecule has 0 saturated carbocycles. The fraction of sp³-hybridized carbons (Fsp3) is 0.667. The summed E-state index contributed by atoms with van der Waals surface area (Å²) < 4.78 is 39.6. The zero-order chi connectivity index (χ0) is 14.9. The molecule has 20 heavy (non-hydrogen) atoms. The maximum Gasteiger partial charge on any atom is 0.393 e. The number of piperidine rings is 1. The van der Waals surface area contributed by atoms with Crippen LogP contribution in [0.1, 0.15) is 28.9 Å². The number of aromatic carboxylic acids is 1. The molecule has 0 bridgehead atoms. The number of carbonyl (C=O) groups is 1. The minimum absolute atomic E-state index is 0.0432. The van der Waals surface area contributed by atoms with Gasteiger partial charge in [-0.15, -0.1) is 0 Å². The summed E-state index contributed by atoms with van der Waals surface area (Å²) in [5.74, 6) is -2.45. The molecule has 2 heterocycles. The first-order chi connectivity index (χ1) is 9.29. The Morgan fingerprint density at radius 2 is 2.25 bits per heavy atom. The summed E-state index contributed by atoms with van der Waals surface area (Å²) in [5.41, 5.74) is 0.474. The highest BCUT2D eigenvalue weighted by Crippen LogP contribution is 2.33. The van der Waals surface area contributed by atoms with Gasteiger partial charge < -0.3 is 5.11 Å². The SMILES string of the molecule is Cn1ncc(C(=O)O)c1CN1CCCC(C(F)(F)F)C1. The molecule has 0 radical (unpaired) electrons. The van der Waals surface area contributed by atoms with E-state index in [1.807, 2.05) is 0 Å². The van der Waals surface area contributed by atoms with Crippen LogP contribution in [-0.2, 0) is 13.6 Å². The van der Waals surface area contributed by atoms with Gasteiger partial charge in [0.15, 0.2) is 0 Å². The number of likely N-dealkylation sites (tertiary alicyclic amines) is 1. The molecule has 1 aromatic rings. The lowest BCUT2D eigenvalue weighted by Crippen LogP contribution is -2.41. The summed E-state index contributed by atoms with van der Waals surface area (Å²) in [6.07, 6.45) is -2.37. The molecule has 1 unspecified atom stereocenters. The summed E-state index contributed by atoms with van der Waals surface area (Å²) >= 11 is 0. The van der Waals surface area contributed by atoms with E-state index < -0.39 is 18.1 Å². The Labute approximate surface area is 114 Å². The molecule has 1 aliphatic rings. The Kier molecular flexibility index (Phi) is 4.03. The topological polar surface area (TPSA) is 58.4 Å². The molecule has 1 N–H and O–H groups in total. The minimum atomic E-state index is -4.19. The van der Waals surface area contributed by atoms with Crippen LogP contribution < -0.4 is 0 Å². The second-order valence-corrected chi connectivity index (χ2v) is 5.05. The summed E-state index contributed by atoms with van der Waals surface area (Å²) in [5, 5.41) is 12.9. The molecule has 1 atom stereocenters. The van der Waals surface area contributed by atoms with E-state index in [1.165, 1.54) is 10.9 Å². The fourth-order valence-corrected chi connectivity index (χ4v) is 2.51. The molecular weight excluding hydrogens is 275 g/mol. The van der Waals surface area contributed by atoms with Gasteiger partial charge in [-0.25, -0.2) is 4.79 Å². The Hall–Kier alpha value is -1.57.